The largest absolute Gasteiger partial charge is 0.147 e. The van der Waals surface area contributed by atoms with Gasteiger partial charge in [-0.25, -0.2) is 0 Å². The Labute approximate surface area is 123 Å². The zero-order valence-corrected chi connectivity index (χ0v) is 16.2. The van der Waals surface area contributed by atoms with E-state index in [1.165, 1.54) is 18.8 Å². The Hall–Kier alpha value is -0.696. The van der Waals surface area contributed by atoms with Gasteiger partial charge in [-0.05, 0) is 49.9 Å². The Bertz CT molecular complexity index is 527. The van der Waals surface area contributed by atoms with E-state index in [9.17, 15) is 0 Å². The van der Waals surface area contributed by atoms with Crippen LogP contribution in [0.1, 0.15) is 22.3 Å². The van der Waals surface area contributed by atoms with Gasteiger partial charge in [-0.1, -0.05) is 46.8 Å². The van der Waals surface area contributed by atoms with Crippen LogP contribution in [0.5, 0.6) is 0 Å². The second kappa shape index (κ2) is 6.65. The van der Waals surface area contributed by atoms with Gasteiger partial charge in [0.05, 0.1) is 18.4 Å². The Balaban J connectivity index is 2.00. The summed E-state index contributed by atoms with van der Waals surface area (Å²) in [7, 11) is 1.16. The first-order valence-electron chi connectivity index (χ1n) is 6.90. The predicted molar refractivity (Wildman–Crippen MR) is 96.5 cm³/mol. The molecule has 0 aliphatic heterocycles. The van der Waals surface area contributed by atoms with E-state index in [0.29, 0.717) is 0 Å². The number of rotatable bonds is 4. The Morgan fingerprint density at radius 3 is 1.53 bits per heavy atom. The van der Waals surface area contributed by atoms with E-state index in [4.69, 9.17) is 0 Å². The monoisotopic (exact) mass is 302 g/mol. The van der Waals surface area contributed by atoms with Crippen LogP contribution in [0.4, 0.5) is 0 Å². The summed E-state index contributed by atoms with van der Waals surface area (Å²) in [4.78, 5) is 0. The second-order valence-corrected chi connectivity index (χ2v) is 16.2. The molecule has 2 rings (SSSR count). The van der Waals surface area contributed by atoms with E-state index >= 15 is 0 Å². The normalized spacial score (nSPS) is 12.6. The molecule has 100 valence electrons. The first-order chi connectivity index (χ1) is 9.09. The van der Waals surface area contributed by atoms with Crippen molar-refractivity contribution in [3.8, 4) is 0 Å². The van der Waals surface area contributed by atoms with Gasteiger partial charge in [-0.3, -0.25) is 0 Å². The van der Waals surface area contributed by atoms with Crippen LogP contribution >= 0.6 is 7.68 Å². The van der Waals surface area contributed by atoms with Crippen LogP contribution in [0.15, 0.2) is 36.4 Å². The number of hydrogen-bond acceptors (Lipinski definition) is 0. The molecule has 2 aromatic rings. The lowest BCUT2D eigenvalue weighted by Crippen LogP contribution is -2.20. The lowest BCUT2D eigenvalue weighted by atomic mass is 10.1. The minimum atomic E-state index is -0.0443. The molecule has 19 heavy (non-hydrogen) atoms. The third-order valence-corrected chi connectivity index (χ3v) is 15.1. The molecule has 0 spiro atoms. The molecule has 3 heteroatoms. The quantitative estimate of drug-likeness (QED) is 0.596. The van der Waals surface area contributed by atoms with Gasteiger partial charge in [-0.15, -0.1) is 7.68 Å². The van der Waals surface area contributed by atoms with Crippen molar-refractivity contribution in [1.82, 2.24) is 0 Å². The first-order valence-corrected chi connectivity index (χ1v) is 14.0. The number of hydrogen-bond donors (Lipinski definition) is 0. The zero-order chi connectivity index (χ0) is 13.8. The highest BCUT2D eigenvalue weighted by molar-refractivity contribution is 7.96. The van der Waals surface area contributed by atoms with Crippen molar-refractivity contribution in [3.05, 3.63) is 58.7 Å². The summed E-state index contributed by atoms with van der Waals surface area (Å²) in [5, 5.41) is 3.38. The lowest BCUT2D eigenvalue weighted by Gasteiger charge is -2.10. The van der Waals surface area contributed by atoms with Crippen molar-refractivity contribution in [1.29, 1.82) is 0 Å². The molecule has 0 aliphatic carbocycles. The molecule has 0 nitrogen and oxygen atoms in total. The first kappa shape index (κ1) is 14.7. The molecule has 0 N–H and O–H groups in total. The van der Waals surface area contributed by atoms with Crippen LogP contribution < -0.4 is 10.4 Å². The summed E-state index contributed by atoms with van der Waals surface area (Å²) >= 11 is 0. The average Bonchev–Trinajstić information content (AvgIpc) is 2.39. The number of benzene rings is 2. The van der Waals surface area contributed by atoms with Crippen LogP contribution in [0.3, 0.4) is 0 Å². The van der Waals surface area contributed by atoms with E-state index in [2.05, 4.69) is 64.1 Å². The van der Waals surface area contributed by atoms with Gasteiger partial charge in [0.1, 0.15) is 0 Å². The third kappa shape index (κ3) is 3.65. The molecular weight excluding hydrogens is 279 g/mol. The molecule has 0 saturated carbocycles. The van der Waals surface area contributed by atoms with Gasteiger partial charge in [0.25, 0.3) is 0 Å². The van der Waals surface area contributed by atoms with Gasteiger partial charge < -0.3 is 0 Å². The van der Waals surface area contributed by atoms with E-state index in [1.807, 2.05) is 0 Å². The fraction of sp³-hybridized carbons (Fsp3) is 0.250. The van der Waals surface area contributed by atoms with Gasteiger partial charge in [0, 0.05) is 0 Å². The molecule has 2 aromatic carbocycles. The summed E-state index contributed by atoms with van der Waals surface area (Å²) in [5.41, 5.74) is 6.03. The highest BCUT2D eigenvalue weighted by Crippen LogP contribution is 2.10. The van der Waals surface area contributed by atoms with Gasteiger partial charge in [-0.2, -0.15) is 0 Å². The van der Waals surface area contributed by atoms with Crippen molar-refractivity contribution in [2.24, 2.45) is 0 Å². The van der Waals surface area contributed by atoms with E-state index in [0.717, 1.165) is 0 Å². The molecule has 0 saturated heterocycles. The fourth-order valence-corrected chi connectivity index (χ4v) is 14.9. The summed E-state index contributed by atoms with van der Waals surface area (Å²) in [5.74, 6) is 0. The molecule has 0 radical (unpaired) electrons. The van der Waals surface area contributed by atoms with Crippen LogP contribution in [-0.2, 0) is 0 Å². The smallest absolute Gasteiger partial charge is 0.0746 e. The Morgan fingerprint density at radius 2 is 1.11 bits per heavy atom. The SMILES string of the molecule is Cc1cccc([SiH2]P[SiH2]c2cccc(C)c2C)c1C. The van der Waals surface area contributed by atoms with Crippen LogP contribution in [-0.4, -0.2) is 18.4 Å². The maximum absolute atomic E-state index is 2.36. The molecule has 0 bridgehead atoms. The van der Waals surface area contributed by atoms with Crippen LogP contribution in [0.2, 0.25) is 0 Å². The van der Waals surface area contributed by atoms with Crippen molar-refractivity contribution >= 4 is 36.4 Å². The van der Waals surface area contributed by atoms with E-state index in [1.54, 1.807) is 21.5 Å². The molecule has 0 unspecified atom stereocenters. The summed E-state index contributed by atoms with van der Waals surface area (Å²) < 4.78 is 0. The molecule has 0 atom stereocenters. The summed E-state index contributed by atoms with van der Waals surface area (Å²) in [6.07, 6.45) is 0. The van der Waals surface area contributed by atoms with E-state index in [-0.39, 0.29) is 18.4 Å². The minimum Gasteiger partial charge on any atom is -0.147 e. The topological polar surface area (TPSA) is 0 Å². The van der Waals surface area contributed by atoms with Gasteiger partial charge in [0.15, 0.2) is 0 Å². The molecule has 0 fully saturated rings. The molecule has 0 aromatic heterocycles. The minimum absolute atomic E-state index is 0.0443. The Morgan fingerprint density at radius 1 is 0.684 bits per heavy atom. The van der Waals surface area contributed by atoms with Crippen molar-refractivity contribution in [2.75, 3.05) is 0 Å². The van der Waals surface area contributed by atoms with Crippen molar-refractivity contribution < 1.29 is 0 Å². The molecule has 0 heterocycles. The van der Waals surface area contributed by atoms with Gasteiger partial charge >= 0.3 is 0 Å². The highest BCUT2D eigenvalue weighted by atomic mass is 31.6. The predicted octanol–water partition coefficient (Wildman–Crippen LogP) is 1.72. The summed E-state index contributed by atoms with van der Waals surface area (Å²) in [6.45, 7) is 9.06. The van der Waals surface area contributed by atoms with Gasteiger partial charge in [0.2, 0.25) is 0 Å². The lowest BCUT2D eigenvalue weighted by molar-refractivity contribution is 1.37. The van der Waals surface area contributed by atoms with Crippen LogP contribution in [0.25, 0.3) is 0 Å². The second-order valence-electron chi connectivity index (χ2n) is 5.32. The van der Waals surface area contributed by atoms with Crippen molar-refractivity contribution in [3.63, 3.8) is 0 Å². The standard InChI is InChI=1S/C16H23PSi2/c1-11-7-5-9-15(13(11)3)18-17-19-16-10-6-8-12(2)14(16)4/h5-10,17H,18-19H2,1-4H3. The molecule has 0 aliphatic rings. The Kier molecular flexibility index (Phi) is 5.15. The highest BCUT2D eigenvalue weighted by Gasteiger charge is 2.04. The third-order valence-electron chi connectivity index (χ3n) is 4.06. The maximum atomic E-state index is 2.36. The van der Waals surface area contributed by atoms with E-state index < -0.39 is 0 Å². The van der Waals surface area contributed by atoms with Crippen molar-refractivity contribution in [2.45, 2.75) is 27.7 Å². The number of aryl methyl sites for hydroxylation is 2. The summed E-state index contributed by atoms with van der Waals surface area (Å²) in [6, 6.07) is 13.7. The van der Waals surface area contributed by atoms with Crippen LogP contribution in [0, 0.1) is 27.7 Å². The molecular formula is C16H23PSi2. The zero-order valence-electron chi connectivity index (χ0n) is 12.4. The maximum Gasteiger partial charge on any atom is 0.0746 e. The molecule has 0 amide bonds. The average molecular weight is 303 g/mol. The fourth-order valence-electron chi connectivity index (χ4n) is 2.34.